The molecular formula is C30H31NO12. The van der Waals surface area contributed by atoms with Gasteiger partial charge in [0.25, 0.3) is 0 Å². The normalized spacial score (nSPS) is 32.6. The van der Waals surface area contributed by atoms with Crippen molar-refractivity contribution in [3.63, 3.8) is 0 Å². The summed E-state index contributed by atoms with van der Waals surface area (Å²) < 4.78 is 12.4. The number of hydrogen-bond acceptors (Lipinski definition) is 11. The van der Waals surface area contributed by atoms with E-state index in [4.69, 9.17) is 9.47 Å². The lowest BCUT2D eigenvalue weighted by Gasteiger charge is -2.37. The molecule has 0 saturated carbocycles. The van der Waals surface area contributed by atoms with E-state index < -0.39 is 86.8 Å². The SMILES string of the molecule is O=C(O)Cn1c2cc(C#C[C@H]3O[C@H](CO)[C@@H](O)[C@H](O)[C@H]3O)ccc2c2ccc(C#C[C@H]3O[C@H](CO)[C@@H](O)[C@H](O)[C@H]3O)cc21. The summed E-state index contributed by atoms with van der Waals surface area (Å²) in [5.74, 6) is 9.99. The van der Waals surface area contributed by atoms with Crippen molar-refractivity contribution in [2.24, 2.45) is 0 Å². The van der Waals surface area contributed by atoms with Crippen molar-refractivity contribution in [2.45, 2.75) is 67.6 Å². The van der Waals surface area contributed by atoms with Crippen LogP contribution in [0.1, 0.15) is 11.1 Å². The molecule has 2 aromatic carbocycles. The minimum atomic E-state index is -1.57. The zero-order valence-corrected chi connectivity index (χ0v) is 22.6. The number of hydrogen-bond donors (Lipinski definition) is 9. The van der Waals surface area contributed by atoms with E-state index in [1.807, 2.05) is 0 Å². The number of aliphatic hydroxyl groups excluding tert-OH is 8. The minimum Gasteiger partial charge on any atom is -0.480 e. The topological polar surface area (TPSA) is 223 Å². The van der Waals surface area contributed by atoms with Crippen molar-refractivity contribution >= 4 is 27.8 Å². The Kier molecular flexibility index (Phi) is 9.03. The van der Waals surface area contributed by atoms with E-state index in [1.165, 1.54) is 0 Å². The molecule has 0 radical (unpaired) electrons. The number of nitrogens with zero attached hydrogens (tertiary/aromatic N) is 1. The number of carboxylic acid groups (broad SMARTS) is 1. The van der Waals surface area contributed by atoms with E-state index in [0.29, 0.717) is 22.2 Å². The van der Waals surface area contributed by atoms with Gasteiger partial charge < -0.3 is 60.0 Å². The van der Waals surface area contributed by atoms with Crippen molar-refractivity contribution < 1.29 is 60.2 Å². The molecule has 10 atom stereocenters. The Labute approximate surface area is 244 Å². The van der Waals surface area contributed by atoms with Gasteiger partial charge >= 0.3 is 5.97 Å². The molecule has 228 valence electrons. The summed E-state index contributed by atoms with van der Waals surface area (Å²) in [5.41, 5.74) is 1.97. The van der Waals surface area contributed by atoms with Crippen LogP contribution in [0, 0.1) is 23.7 Å². The Morgan fingerprint density at radius 2 is 1.09 bits per heavy atom. The minimum absolute atomic E-state index is 0.396. The van der Waals surface area contributed by atoms with E-state index in [-0.39, 0.29) is 0 Å². The summed E-state index contributed by atoms with van der Waals surface area (Å²) in [6.07, 6.45) is -13.8. The molecule has 2 aliphatic rings. The van der Waals surface area contributed by atoms with Crippen LogP contribution in [-0.4, -0.2) is 131 Å². The van der Waals surface area contributed by atoms with E-state index in [2.05, 4.69) is 23.7 Å². The van der Waals surface area contributed by atoms with Gasteiger partial charge in [-0.05, 0) is 24.3 Å². The summed E-state index contributed by atoms with van der Waals surface area (Å²) in [7, 11) is 0. The van der Waals surface area contributed by atoms with Gasteiger partial charge in [0.1, 0.15) is 67.6 Å². The number of fused-ring (bicyclic) bond motifs is 3. The Morgan fingerprint density at radius 1 is 0.674 bits per heavy atom. The maximum absolute atomic E-state index is 11.8. The highest BCUT2D eigenvalue weighted by molar-refractivity contribution is 6.09. The van der Waals surface area contributed by atoms with Gasteiger partial charge in [0.05, 0.1) is 24.2 Å². The van der Waals surface area contributed by atoms with Crippen LogP contribution in [0.5, 0.6) is 0 Å². The third-order valence-electron chi connectivity index (χ3n) is 7.66. The van der Waals surface area contributed by atoms with Crippen molar-refractivity contribution in [1.82, 2.24) is 4.57 Å². The zero-order valence-electron chi connectivity index (χ0n) is 22.6. The smallest absolute Gasteiger partial charge is 0.323 e. The molecule has 2 aliphatic heterocycles. The highest BCUT2D eigenvalue weighted by Crippen LogP contribution is 2.31. The third kappa shape index (κ3) is 5.97. The quantitative estimate of drug-likeness (QED) is 0.140. The number of carbonyl (C=O) groups is 1. The number of benzene rings is 2. The fraction of sp³-hybridized carbons (Fsp3) is 0.433. The number of rotatable bonds is 4. The van der Waals surface area contributed by atoms with Crippen molar-refractivity contribution in [3.05, 3.63) is 47.5 Å². The third-order valence-corrected chi connectivity index (χ3v) is 7.66. The summed E-state index contributed by atoms with van der Waals surface area (Å²) in [4.78, 5) is 11.8. The molecule has 0 unspecified atom stereocenters. The largest absolute Gasteiger partial charge is 0.480 e. The van der Waals surface area contributed by atoms with E-state index >= 15 is 0 Å². The summed E-state index contributed by atoms with van der Waals surface area (Å²) in [5, 5.41) is 90.4. The van der Waals surface area contributed by atoms with Crippen LogP contribution in [0.2, 0.25) is 0 Å². The number of aromatic nitrogens is 1. The molecule has 1 aromatic heterocycles. The van der Waals surface area contributed by atoms with Crippen LogP contribution in [0.3, 0.4) is 0 Å². The second kappa shape index (κ2) is 12.6. The first-order valence-electron chi connectivity index (χ1n) is 13.5. The van der Waals surface area contributed by atoms with Crippen LogP contribution in [-0.2, 0) is 20.8 Å². The Hall–Kier alpha value is -3.57. The number of carboxylic acids is 1. The molecule has 2 saturated heterocycles. The average Bonchev–Trinajstić information content (AvgIpc) is 3.29. The molecular weight excluding hydrogens is 566 g/mol. The van der Waals surface area contributed by atoms with Crippen LogP contribution in [0.25, 0.3) is 21.8 Å². The summed E-state index contributed by atoms with van der Waals surface area (Å²) >= 11 is 0. The summed E-state index contributed by atoms with van der Waals surface area (Å²) in [6, 6.07) is 10.2. The average molecular weight is 598 g/mol. The van der Waals surface area contributed by atoms with E-state index in [1.54, 1.807) is 41.0 Å². The molecule has 13 heteroatoms. The van der Waals surface area contributed by atoms with Gasteiger partial charge in [-0.1, -0.05) is 35.8 Å². The van der Waals surface area contributed by atoms with Gasteiger partial charge in [0.15, 0.2) is 0 Å². The van der Waals surface area contributed by atoms with Gasteiger partial charge in [0.2, 0.25) is 0 Å². The van der Waals surface area contributed by atoms with Crippen molar-refractivity contribution in [2.75, 3.05) is 13.2 Å². The van der Waals surface area contributed by atoms with Crippen LogP contribution in [0.4, 0.5) is 0 Å². The predicted molar refractivity (Wildman–Crippen MR) is 148 cm³/mol. The van der Waals surface area contributed by atoms with Gasteiger partial charge in [0, 0.05) is 21.9 Å². The molecule has 5 rings (SSSR count). The lowest BCUT2D eigenvalue weighted by atomic mass is 9.95. The summed E-state index contributed by atoms with van der Waals surface area (Å²) in [6.45, 7) is -1.56. The molecule has 2 fully saturated rings. The fourth-order valence-corrected chi connectivity index (χ4v) is 5.31. The van der Waals surface area contributed by atoms with Crippen LogP contribution in [0.15, 0.2) is 36.4 Å². The highest BCUT2D eigenvalue weighted by atomic mass is 16.5. The Balaban J connectivity index is 1.49. The first kappa shape index (κ1) is 30.9. The molecule has 43 heavy (non-hydrogen) atoms. The number of aliphatic hydroxyl groups is 8. The van der Waals surface area contributed by atoms with Crippen LogP contribution >= 0.6 is 0 Å². The lowest BCUT2D eigenvalue weighted by molar-refractivity contribution is -0.214. The first-order valence-corrected chi connectivity index (χ1v) is 13.5. The predicted octanol–water partition coefficient (Wildman–Crippen LogP) is -2.73. The molecule has 9 N–H and O–H groups in total. The molecule has 0 aliphatic carbocycles. The van der Waals surface area contributed by atoms with E-state index in [9.17, 15) is 50.8 Å². The standard InChI is InChI=1S/C30H31NO12/c32-12-22-27(38)29(40)25(36)20(42-22)7-3-14-1-5-16-17-6-2-15(10-19(17)31(11-24(34)35)18(16)9-14)4-8-21-26(37)30(41)28(39)23(13-33)43-21/h1-2,5-6,9-10,20-23,25-30,32-33,36-41H,11-13H2,(H,34,35)/t20-,21-,22-,23-,25+,26+,27-,28-,29-,30-/m1/s1. The van der Waals surface area contributed by atoms with Gasteiger partial charge in [-0.2, -0.15) is 0 Å². The molecule has 3 aromatic rings. The molecule has 13 nitrogen and oxygen atoms in total. The molecule has 3 heterocycles. The lowest BCUT2D eigenvalue weighted by Crippen LogP contribution is -2.58. The highest BCUT2D eigenvalue weighted by Gasteiger charge is 2.43. The number of aliphatic carboxylic acids is 1. The molecule has 0 bridgehead atoms. The maximum Gasteiger partial charge on any atom is 0.323 e. The van der Waals surface area contributed by atoms with Crippen molar-refractivity contribution in [1.29, 1.82) is 0 Å². The van der Waals surface area contributed by atoms with Crippen LogP contribution < -0.4 is 0 Å². The van der Waals surface area contributed by atoms with Gasteiger partial charge in [-0.25, -0.2) is 0 Å². The maximum atomic E-state index is 11.8. The van der Waals surface area contributed by atoms with Gasteiger partial charge in [-0.15, -0.1) is 0 Å². The van der Waals surface area contributed by atoms with E-state index in [0.717, 1.165) is 10.8 Å². The monoisotopic (exact) mass is 597 g/mol. The molecule has 0 amide bonds. The fourth-order valence-electron chi connectivity index (χ4n) is 5.31. The first-order chi connectivity index (χ1) is 20.5. The zero-order chi connectivity index (χ0) is 31.0. The Bertz CT molecular complexity index is 1520. The second-order valence-corrected chi connectivity index (χ2v) is 10.5. The number of ether oxygens (including phenoxy) is 2. The van der Waals surface area contributed by atoms with Crippen molar-refractivity contribution in [3.8, 4) is 23.7 Å². The Morgan fingerprint density at radius 3 is 1.47 bits per heavy atom. The molecule has 0 spiro atoms. The van der Waals surface area contributed by atoms with Gasteiger partial charge in [-0.3, -0.25) is 4.79 Å². The second-order valence-electron chi connectivity index (χ2n) is 10.5.